The molecule has 1 atom stereocenters. The fraction of sp³-hybridized carbons (Fsp3) is 0. The molecular weight excluding hydrogens is 297 g/mol. The third kappa shape index (κ3) is 61.9. The van der Waals surface area contributed by atoms with Gasteiger partial charge < -0.3 is 38.5 Å². The van der Waals surface area contributed by atoms with Gasteiger partial charge in [0, 0.05) is 0 Å². The topological polar surface area (TPSA) is 60.4 Å². The van der Waals surface area contributed by atoms with Crippen molar-refractivity contribution in [2.75, 3.05) is 0 Å². The van der Waals surface area contributed by atoms with E-state index in [0.29, 0.717) is 0 Å². The molecule has 0 saturated heterocycles. The number of rotatable bonds is 0. The molecule has 0 amide bonds. The molecule has 0 aromatic rings. The van der Waals surface area contributed by atoms with E-state index in [4.69, 9.17) is 13.3 Å². The zero-order valence-corrected chi connectivity index (χ0v) is 16.8. The molecule has 0 bridgehead atoms. The third-order valence-electron chi connectivity index (χ3n) is 0. The van der Waals surface area contributed by atoms with Gasteiger partial charge in [0.2, 0.25) is 0 Å². The Morgan fingerprint density at radius 1 is 1.33 bits per heavy atom. The summed E-state index contributed by atoms with van der Waals surface area (Å²) in [6, 6.07) is 0. The zero-order chi connectivity index (χ0) is 3.58. The van der Waals surface area contributed by atoms with Crippen molar-refractivity contribution in [1.29, 1.82) is 0 Å². The molecule has 0 aromatic heterocycles. The van der Waals surface area contributed by atoms with Crippen molar-refractivity contribution in [1.82, 2.24) is 0 Å². The van der Waals surface area contributed by atoms with E-state index in [-0.39, 0.29) is 162 Å². The number of hydrogen-bond donors (Lipinski definition) is 1. The van der Waals surface area contributed by atoms with Crippen LogP contribution < -0.4 is 162 Å². The molecule has 0 aliphatic rings. The Balaban J connectivity index is -0.00000000450. The van der Waals surface area contributed by atoms with Gasteiger partial charge in [0.1, 0.15) is 0 Å². The van der Waals surface area contributed by atoms with Crippen molar-refractivity contribution in [3.8, 4) is 0 Å². The Hall–Kier alpha value is 5.11. The smallest absolute Gasteiger partial charge is 1.00 e. The minimum atomic E-state index is -2.86. The van der Waals surface area contributed by atoms with Crippen LogP contribution in [-0.2, 0) is 11.4 Å². The summed E-state index contributed by atoms with van der Waals surface area (Å²) in [7, 11) is 0. The van der Waals surface area contributed by atoms with Crippen molar-refractivity contribution >= 4 is 11.4 Å². The van der Waals surface area contributed by atoms with E-state index in [0.717, 1.165) is 0 Å². The standard InChI is InChI=1S/BrH.ClH.2K.Na.H2O3S/c;;;;;1-4(2)3/h2*1H;;;;(H2,1,2,3)/q;;3*+1;/p-3. The van der Waals surface area contributed by atoms with Crippen molar-refractivity contribution in [3.05, 3.63) is 0 Å². The van der Waals surface area contributed by atoms with Gasteiger partial charge in [-0.1, -0.05) is 0 Å². The molecule has 0 radical (unpaired) electrons. The first-order chi connectivity index (χ1) is 1.73. The van der Waals surface area contributed by atoms with E-state index in [1.807, 2.05) is 0 Å². The maximum absolute atomic E-state index is 8.56. The van der Waals surface area contributed by atoms with Crippen molar-refractivity contribution in [2.24, 2.45) is 0 Å². The summed E-state index contributed by atoms with van der Waals surface area (Å²) in [4.78, 5) is 0. The van der Waals surface area contributed by atoms with Gasteiger partial charge in [-0.2, -0.15) is 0 Å². The molecule has 0 aliphatic heterocycles. The first-order valence-corrected chi connectivity index (χ1v) is 1.55. The Morgan fingerprint density at radius 2 is 1.33 bits per heavy atom. The van der Waals surface area contributed by atoms with Crippen LogP contribution in [0.15, 0.2) is 0 Å². The summed E-state index contributed by atoms with van der Waals surface area (Å²) in [5.74, 6) is 0. The molecule has 9 heavy (non-hydrogen) atoms. The van der Waals surface area contributed by atoms with Crippen LogP contribution >= 0.6 is 0 Å². The molecule has 0 aliphatic carbocycles. The van der Waals surface area contributed by atoms with Crippen molar-refractivity contribution < 1.29 is 175 Å². The monoisotopic (exact) mass is 296 g/mol. The van der Waals surface area contributed by atoms with Crippen LogP contribution in [-0.4, -0.2) is 13.3 Å². The fourth-order valence-electron chi connectivity index (χ4n) is 0. The molecule has 0 heterocycles. The Bertz CT molecular complexity index is 44.8. The molecule has 0 aromatic carbocycles. The average Bonchev–Trinajstić information content (AvgIpc) is 0.811. The first kappa shape index (κ1) is 36.9. The van der Waals surface area contributed by atoms with Gasteiger partial charge in [-0.25, -0.2) is 4.21 Å². The number of hydrogen-bond acceptors (Lipinski definition) is 2. The summed E-state index contributed by atoms with van der Waals surface area (Å²) < 4.78 is 24.1. The van der Waals surface area contributed by atoms with Crippen LogP contribution in [0.1, 0.15) is 0 Å². The van der Waals surface area contributed by atoms with Crippen molar-refractivity contribution in [2.45, 2.75) is 0 Å². The van der Waals surface area contributed by atoms with Gasteiger partial charge in [0.15, 0.2) is 0 Å². The third-order valence-corrected chi connectivity index (χ3v) is 0. The maximum Gasteiger partial charge on any atom is 1.00 e. The Kier molecular flexibility index (Phi) is 120. The molecule has 42 valence electrons. The van der Waals surface area contributed by atoms with Crippen LogP contribution in [0.4, 0.5) is 0 Å². The zero-order valence-electron chi connectivity index (χ0n) is 5.43. The van der Waals surface area contributed by atoms with Gasteiger partial charge in [0.25, 0.3) is 0 Å². The molecule has 0 spiro atoms. The minimum Gasteiger partial charge on any atom is -1.00 e. The minimum absolute atomic E-state index is 0. The fourth-order valence-corrected chi connectivity index (χ4v) is 0. The molecule has 0 fully saturated rings. The first-order valence-electron chi connectivity index (χ1n) is 0.516. The molecule has 1 N–H and O–H groups in total. The van der Waals surface area contributed by atoms with Gasteiger partial charge in [-0.3, -0.25) is 0 Å². The van der Waals surface area contributed by atoms with Gasteiger partial charge >= 0.3 is 132 Å². The van der Waals surface area contributed by atoms with E-state index in [1.54, 1.807) is 0 Å². The SMILES string of the molecule is O=S([O-])O.[Br-].[Cl-].[K+].[K+].[Na+]. The summed E-state index contributed by atoms with van der Waals surface area (Å²) in [6.07, 6.45) is 0. The van der Waals surface area contributed by atoms with Crippen molar-refractivity contribution in [3.63, 3.8) is 0 Å². The predicted molar refractivity (Wildman–Crippen MR) is 11.5 cm³/mol. The van der Waals surface area contributed by atoms with Gasteiger partial charge in [0.05, 0.1) is 11.4 Å². The number of halogens is 2. The van der Waals surface area contributed by atoms with Crippen LogP contribution in [0.25, 0.3) is 0 Å². The van der Waals surface area contributed by atoms with Crippen LogP contribution in [0.5, 0.6) is 0 Å². The predicted octanol–water partition coefficient (Wildman–Crippen LogP) is -15.6. The summed E-state index contributed by atoms with van der Waals surface area (Å²) in [5.41, 5.74) is 0. The normalized spacial score (nSPS) is 6.89. The molecule has 0 rings (SSSR count). The van der Waals surface area contributed by atoms with Crippen LogP contribution in [0, 0.1) is 0 Å². The Morgan fingerprint density at radius 3 is 1.33 bits per heavy atom. The van der Waals surface area contributed by atoms with E-state index >= 15 is 0 Å². The Labute approximate surface area is 181 Å². The van der Waals surface area contributed by atoms with E-state index in [1.165, 1.54) is 0 Å². The molecule has 1 unspecified atom stereocenters. The maximum atomic E-state index is 8.56. The molecule has 9 heteroatoms. The quantitative estimate of drug-likeness (QED) is 0.357. The van der Waals surface area contributed by atoms with E-state index in [2.05, 4.69) is 0 Å². The summed E-state index contributed by atoms with van der Waals surface area (Å²) in [5, 5.41) is 0. The second kappa shape index (κ2) is 29.2. The largest absolute Gasteiger partial charge is 1.00 e. The van der Waals surface area contributed by atoms with Crippen LogP contribution in [0.2, 0.25) is 0 Å². The van der Waals surface area contributed by atoms with E-state index in [9.17, 15) is 0 Å². The molecule has 0 saturated carbocycles. The van der Waals surface area contributed by atoms with Gasteiger partial charge in [-0.15, -0.1) is 0 Å². The van der Waals surface area contributed by atoms with E-state index < -0.39 is 11.4 Å². The van der Waals surface area contributed by atoms with Gasteiger partial charge in [-0.05, 0) is 0 Å². The second-order valence-electron chi connectivity index (χ2n) is 0.217. The average molecular weight is 298 g/mol. The molecular formula is HBrClK2NaO3S. The van der Waals surface area contributed by atoms with Crippen LogP contribution in [0.3, 0.4) is 0 Å². The molecule has 3 nitrogen and oxygen atoms in total. The summed E-state index contributed by atoms with van der Waals surface area (Å²) in [6.45, 7) is 0. The summed E-state index contributed by atoms with van der Waals surface area (Å²) >= 11 is -2.86. The second-order valence-corrected chi connectivity index (χ2v) is 0.651.